The summed E-state index contributed by atoms with van der Waals surface area (Å²) in [5, 5.41) is 6.55. The Morgan fingerprint density at radius 3 is 2.78 bits per heavy atom. The highest BCUT2D eigenvalue weighted by atomic mass is 19.3. The molecule has 3 rings (SSSR count). The Hall–Kier alpha value is -2.90. The number of anilines is 1. The van der Waals surface area contributed by atoms with Crippen molar-refractivity contribution in [3.63, 3.8) is 0 Å². The van der Waals surface area contributed by atoms with Crippen molar-refractivity contribution in [3.8, 4) is 16.9 Å². The van der Waals surface area contributed by atoms with Crippen LogP contribution in [0.4, 0.5) is 19.1 Å². The minimum atomic E-state index is -2.49. The van der Waals surface area contributed by atoms with Crippen LogP contribution in [0.5, 0.6) is 0 Å². The summed E-state index contributed by atoms with van der Waals surface area (Å²) in [6.45, 7) is -0.530. The molecule has 0 saturated carbocycles. The number of nitrogens with zero attached hydrogens (tertiary/aromatic N) is 4. The first-order valence-corrected chi connectivity index (χ1v) is 6.78. The number of rotatable bonds is 5. The Kier molecular flexibility index (Phi) is 4.22. The summed E-state index contributed by atoms with van der Waals surface area (Å²) in [6, 6.07) is 7.86. The van der Waals surface area contributed by atoms with Crippen LogP contribution in [0.2, 0.25) is 0 Å². The number of halogens is 3. The van der Waals surface area contributed by atoms with Crippen LogP contribution in [-0.2, 0) is 0 Å². The highest BCUT2D eigenvalue weighted by Gasteiger charge is 2.09. The van der Waals surface area contributed by atoms with Crippen molar-refractivity contribution in [2.45, 2.75) is 6.43 Å². The molecule has 0 amide bonds. The van der Waals surface area contributed by atoms with Crippen molar-refractivity contribution in [2.75, 3.05) is 11.9 Å². The first kappa shape index (κ1) is 15.0. The molecule has 3 aromatic rings. The molecule has 2 heterocycles. The molecule has 0 fully saturated rings. The van der Waals surface area contributed by atoms with E-state index in [2.05, 4.69) is 20.4 Å². The molecule has 0 aliphatic rings. The summed E-state index contributed by atoms with van der Waals surface area (Å²) >= 11 is 0. The number of benzene rings is 1. The third-order valence-corrected chi connectivity index (χ3v) is 3.05. The molecule has 0 aliphatic heterocycles. The zero-order valence-corrected chi connectivity index (χ0v) is 11.8. The number of alkyl halides is 2. The van der Waals surface area contributed by atoms with Crippen LogP contribution in [0, 0.1) is 5.82 Å². The zero-order valence-electron chi connectivity index (χ0n) is 11.8. The predicted molar refractivity (Wildman–Crippen MR) is 79.0 cm³/mol. The summed E-state index contributed by atoms with van der Waals surface area (Å²) in [5.74, 6) is -0.300. The SMILES string of the molecule is Fc1ccccc1-n1cc(-c2ccnc(NCC(F)F)n2)cn1. The standard InChI is InChI=1S/C15H12F3N5/c16-11-3-1-2-4-13(11)23-9-10(7-21-23)12-5-6-19-15(22-12)20-8-14(17)18/h1-7,9,14H,8H2,(H,19,20,22). The van der Waals surface area contributed by atoms with E-state index in [4.69, 9.17) is 0 Å². The lowest BCUT2D eigenvalue weighted by atomic mass is 10.2. The Labute approximate surface area is 129 Å². The average Bonchev–Trinajstić information content (AvgIpc) is 3.03. The summed E-state index contributed by atoms with van der Waals surface area (Å²) in [5.41, 5.74) is 1.43. The van der Waals surface area contributed by atoms with Crippen LogP contribution >= 0.6 is 0 Å². The number of aromatic nitrogens is 4. The van der Waals surface area contributed by atoms with Gasteiger partial charge in [-0.2, -0.15) is 5.10 Å². The molecule has 0 spiro atoms. The van der Waals surface area contributed by atoms with Crippen molar-refractivity contribution in [1.29, 1.82) is 0 Å². The number of hydrogen-bond acceptors (Lipinski definition) is 4. The van der Waals surface area contributed by atoms with Crippen LogP contribution in [0.15, 0.2) is 48.9 Å². The van der Waals surface area contributed by atoms with Gasteiger partial charge in [0.05, 0.1) is 18.4 Å². The molecule has 0 bridgehead atoms. The first-order chi connectivity index (χ1) is 11.1. The third kappa shape index (κ3) is 3.47. The van der Waals surface area contributed by atoms with E-state index in [-0.39, 0.29) is 5.95 Å². The quantitative estimate of drug-likeness (QED) is 0.785. The highest BCUT2D eigenvalue weighted by Crippen LogP contribution is 2.20. The van der Waals surface area contributed by atoms with Crippen LogP contribution in [0.25, 0.3) is 16.9 Å². The minimum Gasteiger partial charge on any atom is -0.348 e. The van der Waals surface area contributed by atoms with Crippen molar-refractivity contribution in [2.24, 2.45) is 0 Å². The van der Waals surface area contributed by atoms with Gasteiger partial charge in [-0.3, -0.25) is 0 Å². The molecule has 0 unspecified atom stereocenters. The number of para-hydroxylation sites is 1. The van der Waals surface area contributed by atoms with E-state index in [1.54, 1.807) is 30.5 Å². The maximum atomic E-state index is 13.8. The van der Waals surface area contributed by atoms with Crippen molar-refractivity contribution < 1.29 is 13.2 Å². The summed E-state index contributed by atoms with van der Waals surface area (Å²) in [4.78, 5) is 8.01. The molecule has 23 heavy (non-hydrogen) atoms. The molecule has 5 nitrogen and oxygen atoms in total. The Balaban J connectivity index is 1.86. The van der Waals surface area contributed by atoms with Gasteiger partial charge in [0.15, 0.2) is 0 Å². The van der Waals surface area contributed by atoms with Gasteiger partial charge in [-0.15, -0.1) is 0 Å². The van der Waals surface area contributed by atoms with Gasteiger partial charge in [-0.1, -0.05) is 12.1 Å². The second-order valence-electron chi connectivity index (χ2n) is 4.66. The lowest BCUT2D eigenvalue weighted by molar-refractivity contribution is 0.163. The van der Waals surface area contributed by atoms with Crippen molar-refractivity contribution in [3.05, 3.63) is 54.7 Å². The van der Waals surface area contributed by atoms with Gasteiger partial charge in [-0.05, 0) is 18.2 Å². The van der Waals surface area contributed by atoms with Crippen LogP contribution in [-0.4, -0.2) is 32.7 Å². The first-order valence-electron chi connectivity index (χ1n) is 6.78. The van der Waals surface area contributed by atoms with Gasteiger partial charge in [-0.25, -0.2) is 27.8 Å². The van der Waals surface area contributed by atoms with Gasteiger partial charge in [0, 0.05) is 18.0 Å². The van der Waals surface area contributed by atoms with Gasteiger partial charge in [0.25, 0.3) is 6.43 Å². The van der Waals surface area contributed by atoms with Gasteiger partial charge in [0.1, 0.15) is 11.5 Å². The molecule has 0 saturated heterocycles. The molecule has 0 atom stereocenters. The Morgan fingerprint density at radius 1 is 1.17 bits per heavy atom. The second kappa shape index (κ2) is 6.47. The molecule has 0 radical (unpaired) electrons. The molecule has 1 aromatic carbocycles. The normalized spacial score (nSPS) is 11.0. The maximum Gasteiger partial charge on any atom is 0.255 e. The summed E-state index contributed by atoms with van der Waals surface area (Å²) in [7, 11) is 0. The number of nitrogens with one attached hydrogen (secondary N) is 1. The molecule has 0 aliphatic carbocycles. The Morgan fingerprint density at radius 2 is 2.00 bits per heavy atom. The second-order valence-corrected chi connectivity index (χ2v) is 4.66. The molecule has 8 heteroatoms. The fourth-order valence-corrected chi connectivity index (χ4v) is 2.00. The monoisotopic (exact) mass is 319 g/mol. The van der Waals surface area contributed by atoms with Crippen LogP contribution < -0.4 is 5.32 Å². The van der Waals surface area contributed by atoms with E-state index in [9.17, 15) is 13.2 Å². The molecule has 1 N–H and O–H groups in total. The van der Waals surface area contributed by atoms with Crippen LogP contribution in [0.3, 0.4) is 0 Å². The fraction of sp³-hybridized carbons (Fsp3) is 0.133. The van der Waals surface area contributed by atoms with E-state index in [0.717, 1.165) is 0 Å². The lowest BCUT2D eigenvalue weighted by Gasteiger charge is -2.04. The molecular formula is C15H12F3N5. The zero-order chi connectivity index (χ0) is 16.2. The molecular weight excluding hydrogens is 307 g/mol. The largest absolute Gasteiger partial charge is 0.348 e. The Bertz CT molecular complexity index is 803. The van der Waals surface area contributed by atoms with Crippen molar-refractivity contribution in [1.82, 2.24) is 19.7 Å². The van der Waals surface area contributed by atoms with E-state index < -0.39 is 18.8 Å². The van der Waals surface area contributed by atoms with Crippen molar-refractivity contribution >= 4 is 5.95 Å². The van der Waals surface area contributed by atoms with Gasteiger partial charge in [0.2, 0.25) is 5.95 Å². The van der Waals surface area contributed by atoms with E-state index in [1.165, 1.54) is 23.1 Å². The number of hydrogen-bond donors (Lipinski definition) is 1. The van der Waals surface area contributed by atoms with E-state index in [1.807, 2.05) is 0 Å². The summed E-state index contributed by atoms with van der Waals surface area (Å²) < 4.78 is 39.6. The van der Waals surface area contributed by atoms with E-state index >= 15 is 0 Å². The third-order valence-electron chi connectivity index (χ3n) is 3.05. The lowest BCUT2D eigenvalue weighted by Crippen LogP contribution is -2.12. The van der Waals surface area contributed by atoms with Crippen LogP contribution in [0.1, 0.15) is 0 Å². The average molecular weight is 319 g/mol. The highest BCUT2D eigenvalue weighted by molar-refractivity contribution is 5.58. The molecule has 2 aromatic heterocycles. The van der Waals surface area contributed by atoms with Gasteiger partial charge >= 0.3 is 0 Å². The van der Waals surface area contributed by atoms with E-state index in [0.29, 0.717) is 16.9 Å². The van der Waals surface area contributed by atoms with Gasteiger partial charge < -0.3 is 5.32 Å². The maximum absolute atomic E-state index is 13.8. The molecule has 118 valence electrons. The fourth-order valence-electron chi connectivity index (χ4n) is 2.00. The minimum absolute atomic E-state index is 0.0986. The predicted octanol–water partition coefficient (Wildman–Crippen LogP) is 3.15. The summed E-state index contributed by atoms with van der Waals surface area (Å²) in [6.07, 6.45) is 2.09. The topological polar surface area (TPSA) is 55.6 Å². The smallest absolute Gasteiger partial charge is 0.255 e.